The molecule has 118 valence electrons. The minimum Gasteiger partial charge on any atom is -0.448 e. The van der Waals surface area contributed by atoms with Crippen molar-refractivity contribution in [2.45, 2.75) is 31.9 Å². The largest absolute Gasteiger partial charge is 0.448 e. The van der Waals surface area contributed by atoms with Crippen molar-refractivity contribution in [2.24, 2.45) is 0 Å². The highest BCUT2D eigenvalue weighted by Crippen LogP contribution is 2.39. The number of hydrogen-bond acceptors (Lipinski definition) is 5. The van der Waals surface area contributed by atoms with Crippen molar-refractivity contribution in [2.75, 3.05) is 0 Å². The third-order valence-electron chi connectivity index (χ3n) is 3.83. The van der Waals surface area contributed by atoms with E-state index in [1.165, 1.54) is 16.0 Å². The number of fused-ring (bicyclic) bond motifs is 3. The zero-order valence-corrected chi connectivity index (χ0v) is 14.1. The Labute approximate surface area is 141 Å². The van der Waals surface area contributed by atoms with Crippen molar-refractivity contribution >= 4 is 54.0 Å². The fourth-order valence-corrected chi connectivity index (χ4v) is 4.83. The van der Waals surface area contributed by atoms with Gasteiger partial charge in [0.25, 0.3) is 5.91 Å². The van der Waals surface area contributed by atoms with Crippen LogP contribution in [0.5, 0.6) is 0 Å². The van der Waals surface area contributed by atoms with Gasteiger partial charge in [0.1, 0.15) is 4.88 Å². The van der Waals surface area contributed by atoms with Crippen LogP contribution in [0.15, 0.2) is 30.3 Å². The Balaban J connectivity index is 1.53. The minimum atomic E-state index is -0.764. The van der Waals surface area contributed by atoms with Crippen molar-refractivity contribution in [1.29, 1.82) is 0 Å². The summed E-state index contributed by atoms with van der Waals surface area (Å²) in [4.78, 5) is 24.7. The third-order valence-corrected chi connectivity index (χ3v) is 6.22. The molecule has 2 heterocycles. The van der Waals surface area contributed by atoms with E-state index in [1.807, 2.05) is 18.2 Å². The molecule has 1 N–H and O–H groups in total. The van der Waals surface area contributed by atoms with E-state index < -0.39 is 12.1 Å². The van der Waals surface area contributed by atoms with Crippen molar-refractivity contribution in [3.05, 3.63) is 35.2 Å². The summed E-state index contributed by atoms with van der Waals surface area (Å²) in [6.07, 6.45) is 1.27. The molecule has 0 bridgehead atoms. The molecule has 1 aromatic carbocycles. The average molecular weight is 345 g/mol. The van der Waals surface area contributed by atoms with Gasteiger partial charge in [0.05, 0.1) is 4.70 Å². The van der Waals surface area contributed by atoms with Crippen molar-refractivity contribution in [1.82, 2.24) is 5.32 Å². The maximum atomic E-state index is 12.3. The van der Waals surface area contributed by atoms with Gasteiger partial charge < -0.3 is 10.1 Å². The number of rotatable bonds is 4. The van der Waals surface area contributed by atoms with E-state index in [2.05, 4.69) is 17.4 Å². The van der Waals surface area contributed by atoms with E-state index in [0.717, 1.165) is 27.6 Å². The van der Waals surface area contributed by atoms with Crippen LogP contribution in [0.3, 0.4) is 0 Å². The highest BCUT2D eigenvalue weighted by molar-refractivity contribution is 7.33. The first-order valence-corrected chi connectivity index (χ1v) is 9.17. The average Bonchev–Trinajstić information content (AvgIpc) is 3.13. The van der Waals surface area contributed by atoms with Gasteiger partial charge in [-0.15, -0.1) is 22.7 Å². The zero-order valence-electron chi connectivity index (χ0n) is 12.5. The van der Waals surface area contributed by atoms with Crippen LogP contribution in [0, 0.1) is 0 Å². The molecule has 0 saturated heterocycles. The van der Waals surface area contributed by atoms with Crippen LogP contribution >= 0.6 is 22.7 Å². The Morgan fingerprint density at radius 1 is 1.22 bits per heavy atom. The van der Waals surface area contributed by atoms with E-state index in [-0.39, 0.29) is 11.9 Å². The fraction of sp³-hybridized carbons (Fsp3) is 0.294. The number of ether oxygens (including phenoxy) is 1. The lowest BCUT2D eigenvalue weighted by molar-refractivity contribution is -0.129. The lowest BCUT2D eigenvalue weighted by Gasteiger charge is -2.12. The zero-order chi connectivity index (χ0) is 16.0. The normalized spacial score (nSPS) is 15.7. The van der Waals surface area contributed by atoms with Gasteiger partial charge in [-0.1, -0.05) is 18.2 Å². The Morgan fingerprint density at radius 3 is 2.78 bits per heavy atom. The van der Waals surface area contributed by atoms with Gasteiger partial charge in [-0.25, -0.2) is 4.79 Å². The van der Waals surface area contributed by atoms with E-state index in [9.17, 15) is 9.59 Å². The SMILES string of the molecule is C[C@H](OC(=O)c1cc2sc3ccccc3c2s1)C(=O)NC1CC1. The molecule has 23 heavy (non-hydrogen) atoms. The number of benzene rings is 1. The monoisotopic (exact) mass is 345 g/mol. The molecule has 0 unspecified atom stereocenters. The Morgan fingerprint density at radius 2 is 2.00 bits per heavy atom. The molecule has 4 rings (SSSR count). The van der Waals surface area contributed by atoms with E-state index in [4.69, 9.17) is 4.74 Å². The van der Waals surface area contributed by atoms with Gasteiger partial charge in [0, 0.05) is 20.8 Å². The summed E-state index contributed by atoms with van der Waals surface area (Å²) in [5.74, 6) is -0.648. The topological polar surface area (TPSA) is 55.4 Å². The number of hydrogen-bond donors (Lipinski definition) is 1. The second-order valence-electron chi connectivity index (χ2n) is 5.73. The fourth-order valence-electron chi connectivity index (χ4n) is 2.42. The predicted molar refractivity (Wildman–Crippen MR) is 93.3 cm³/mol. The Kier molecular flexibility index (Phi) is 3.58. The molecule has 2 aromatic heterocycles. The molecule has 4 nitrogen and oxygen atoms in total. The van der Waals surface area contributed by atoms with Gasteiger partial charge >= 0.3 is 5.97 Å². The number of carbonyl (C=O) groups is 2. The third kappa shape index (κ3) is 2.84. The Bertz CT molecular complexity index is 907. The van der Waals surface area contributed by atoms with Crippen LogP contribution in [0.1, 0.15) is 29.4 Å². The molecule has 1 aliphatic carbocycles. The molecule has 0 spiro atoms. The van der Waals surface area contributed by atoms with Crippen molar-refractivity contribution < 1.29 is 14.3 Å². The number of esters is 1. The molecular weight excluding hydrogens is 330 g/mol. The molecule has 0 aliphatic heterocycles. The van der Waals surface area contributed by atoms with Crippen molar-refractivity contribution in [3.8, 4) is 0 Å². The van der Waals surface area contributed by atoms with Crippen LogP contribution in [-0.2, 0) is 9.53 Å². The van der Waals surface area contributed by atoms with Crippen LogP contribution in [0.4, 0.5) is 0 Å². The second-order valence-corrected chi connectivity index (χ2v) is 7.87. The molecule has 0 radical (unpaired) electrons. The lowest BCUT2D eigenvalue weighted by atomic mass is 10.2. The summed E-state index contributed by atoms with van der Waals surface area (Å²) >= 11 is 3.09. The number of nitrogens with one attached hydrogen (secondary N) is 1. The van der Waals surface area contributed by atoms with E-state index >= 15 is 0 Å². The molecule has 1 fully saturated rings. The standard InChI is InChI=1S/C17H15NO3S2/c1-9(16(19)18-10-6-7-10)21-17(20)14-8-13-15(23-14)11-4-2-3-5-12(11)22-13/h2-5,8-10H,6-7H2,1H3,(H,18,19)/t9-/m0/s1. The van der Waals surface area contributed by atoms with Crippen molar-refractivity contribution in [3.63, 3.8) is 0 Å². The minimum absolute atomic E-state index is 0.218. The van der Waals surface area contributed by atoms with Gasteiger partial charge in [0.15, 0.2) is 6.10 Å². The van der Waals surface area contributed by atoms with Gasteiger partial charge in [-0.2, -0.15) is 0 Å². The molecule has 1 aliphatic rings. The second kappa shape index (κ2) is 5.62. The summed E-state index contributed by atoms with van der Waals surface area (Å²) in [6.45, 7) is 1.61. The number of carbonyl (C=O) groups excluding carboxylic acids is 2. The molecule has 6 heteroatoms. The number of amides is 1. The summed E-state index contributed by atoms with van der Waals surface area (Å²) in [5.41, 5.74) is 0. The molecule has 1 amide bonds. The molecule has 3 aromatic rings. The number of thiophene rings is 2. The summed E-state index contributed by atoms with van der Waals surface area (Å²) in [6, 6.07) is 10.3. The first-order valence-electron chi connectivity index (χ1n) is 7.54. The van der Waals surface area contributed by atoms with Crippen LogP contribution < -0.4 is 5.32 Å². The molecule has 1 atom stereocenters. The predicted octanol–water partition coefficient (Wildman–Crippen LogP) is 3.94. The van der Waals surface area contributed by atoms with Gasteiger partial charge in [-0.05, 0) is 31.9 Å². The van der Waals surface area contributed by atoms with Gasteiger partial charge in [-0.3, -0.25) is 4.79 Å². The maximum absolute atomic E-state index is 12.3. The van der Waals surface area contributed by atoms with Crippen LogP contribution in [0.25, 0.3) is 19.5 Å². The van der Waals surface area contributed by atoms with E-state index in [0.29, 0.717) is 4.88 Å². The highest BCUT2D eigenvalue weighted by atomic mass is 32.1. The summed E-state index contributed by atoms with van der Waals surface area (Å²) < 4.78 is 8.70. The molecular formula is C17H15NO3S2. The first-order chi connectivity index (χ1) is 11.1. The highest BCUT2D eigenvalue weighted by Gasteiger charge is 2.27. The first kappa shape index (κ1) is 14.7. The van der Waals surface area contributed by atoms with Crippen LogP contribution in [0.2, 0.25) is 0 Å². The Hall–Kier alpha value is -1.92. The van der Waals surface area contributed by atoms with Crippen LogP contribution in [-0.4, -0.2) is 24.0 Å². The van der Waals surface area contributed by atoms with E-state index in [1.54, 1.807) is 18.3 Å². The lowest BCUT2D eigenvalue weighted by Crippen LogP contribution is -2.36. The summed E-state index contributed by atoms with van der Waals surface area (Å²) in [7, 11) is 0. The quantitative estimate of drug-likeness (QED) is 0.729. The van der Waals surface area contributed by atoms with Gasteiger partial charge in [0.2, 0.25) is 0 Å². The smallest absolute Gasteiger partial charge is 0.349 e. The summed E-state index contributed by atoms with van der Waals surface area (Å²) in [5, 5.41) is 4.01. The maximum Gasteiger partial charge on any atom is 0.349 e. The molecule has 1 saturated carbocycles.